The van der Waals surface area contributed by atoms with Crippen molar-refractivity contribution >= 4 is 11.7 Å². The lowest BCUT2D eigenvalue weighted by atomic mass is 9.87. The molecule has 0 atom stereocenters. The average molecular weight is 247 g/mol. The zero-order valence-electron chi connectivity index (χ0n) is 11.4. The first-order valence-electron chi connectivity index (χ1n) is 6.52. The smallest absolute Gasteiger partial charge is 0.338 e. The maximum atomic E-state index is 12.2. The summed E-state index contributed by atoms with van der Waals surface area (Å²) in [5, 5.41) is 0. The standard InChI is InChI=1S/C15H21NO2/c1-15(2,3)18-14(17)12-8-9-13(16)11-7-5-4-6-10(11)12/h8-9H,4-7,16H2,1-3H3. The molecule has 1 aromatic carbocycles. The van der Waals surface area contributed by atoms with Crippen LogP contribution >= 0.6 is 0 Å². The average Bonchev–Trinajstić information content (AvgIpc) is 2.27. The molecule has 0 unspecified atom stereocenters. The first kappa shape index (κ1) is 12.9. The molecule has 0 fully saturated rings. The predicted molar refractivity (Wildman–Crippen MR) is 72.7 cm³/mol. The number of esters is 1. The van der Waals surface area contributed by atoms with Crippen LogP contribution in [0.4, 0.5) is 5.69 Å². The van der Waals surface area contributed by atoms with Gasteiger partial charge < -0.3 is 10.5 Å². The van der Waals surface area contributed by atoms with Gasteiger partial charge in [0.25, 0.3) is 0 Å². The first-order valence-corrected chi connectivity index (χ1v) is 6.52. The second-order valence-electron chi connectivity index (χ2n) is 5.87. The van der Waals surface area contributed by atoms with E-state index in [4.69, 9.17) is 10.5 Å². The van der Waals surface area contributed by atoms with Crippen LogP contribution in [-0.2, 0) is 17.6 Å². The number of benzene rings is 1. The van der Waals surface area contributed by atoms with Crippen molar-refractivity contribution in [1.82, 2.24) is 0 Å². The van der Waals surface area contributed by atoms with Crippen molar-refractivity contribution in [2.45, 2.75) is 52.1 Å². The molecule has 98 valence electrons. The SMILES string of the molecule is CC(C)(C)OC(=O)c1ccc(N)c2c1CCCC2. The number of fused-ring (bicyclic) bond motifs is 1. The molecule has 0 amide bonds. The van der Waals surface area contributed by atoms with Crippen LogP contribution in [0.1, 0.15) is 55.1 Å². The Balaban J connectivity index is 2.37. The van der Waals surface area contributed by atoms with Gasteiger partial charge in [0.05, 0.1) is 5.56 Å². The molecule has 2 rings (SSSR count). The lowest BCUT2D eigenvalue weighted by molar-refractivity contribution is 0.00681. The van der Waals surface area contributed by atoms with Crippen LogP contribution < -0.4 is 5.73 Å². The van der Waals surface area contributed by atoms with Gasteiger partial charge in [-0.2, -0.15) is 0 Å². The lowest BCUT2D eigenvalue weighted by Gasteiger charge is -2.24. The topological polar surface area (TPSA) is 52.3 Å². The van der Waals surface area contributed by atoms with Crippen molar-refractivity contribution in [3.8, 4) is 0 Å². The number of hydrogen-bond donors (Lipinski definition) is 1. The number of nitrogen functional groups attached to an aromatic ring is 1. The number of carbonyl (C=O) groups is 1. The van der Waals surface area contributed by atoms with Gasteiger partial charge in [-0.15, -0.1) is 0 Å². The molecule has 0 saturated heterocycles. The Kier molecular flexibility index (Phi) is 3.33. The van der Waals surface area contributed by atoms with E-state index in [0.717, 1.165) is 42.5 Å². The van der Waals surface area contributed by atoms with Crippen molar-refractivity contribution in [2.24, 2.45) is 0 Å². The molecule has 2 N–H and O–H groups in total. The van der Waals surface area contributed by atoms with E-state index in [0.29, 0.717) is 5.56 Å². The van der Waals surface area contributed by atoms with E-state index in [9.17, 15) is 4.79 Å². The zero-order valence-corrected chi connectivity index (χ0v) is 11.4. The molecule has 0 radical (unpaired) electrons. The molecular weight excluding hydrogens is 226 g/mol. The van der Waals surface area contributed by atoms with Gasteiger partial charge in [-0.05, 0) is 69.7 Å². The maximum absolute atomic E-state index is 12.2. The minimum atomic E-state index is -0.458. The third kappa shape index (κ3) is 2.66. The Morgan fingerprint density at radius 2 is 1.78 bits per heavy atom. The molecule has 1 aromatic rings. The Morgan fingerprint density at radius 1 is 1.17 bits per heavy atom. The summed E-state index contributed by atoms with van der Waals surface area (Å²) in [6, 6.07) is 3.62. The van der Waals surface area contributed by atoms with Crippen molar-refractivity contribution in [2.75, 3.05) is 5.73 Å². The summed E-state index contributed by atoms with van der Waals surface area (Å²) in [6.07, 6.45) is 4.16. The monoisotopic (exact) mass is 247 g/mol. The third-order valence-corrected chi connectivity index (χ3v) is 3.19. The number of carbonyl (C=O) groups excluding carboxylic acids is 1. The van der Waals surface area contributed by atoms with Crippen LogP contribution in [0, 0.1) is 0 Å². The van der Waals surface area contributed by atoms with Crippen LogP contribution in [0.2, 0.25) is 0 Å². The second-order valence-corrected chi connectivity index (χ2v) is 5.87. The first-order chi connectivity index (χ1) is 8.38. The van der Waals surface area contributed by atoms with Crippen LogP contribution in [0.3, 0.4) is 0 Å². The van der Waals surface area contributed by atoms with Crippen LogP contribution in [0.15, 0.2) is 12.1 Å². The Labute approximate surface area is 108 Å². The molecule has 1 aliphatic carbocycles. The number of hydrogen-bond acceptors (Lipinski definition) is 3. The van der Waals surface area contributed by atoms with E-state index in [1.807, 2.05) is 26.8 Å². The van der Waals surface area contributed by atoms with Gasteiger partial charge in [-0.1, -0.05) is 0 Å². The van der Waals surface area contributed by atoms with Crippen LogP contribution in [0.25, 0.3) is 0 Å². The summed E-state index contributed by atoms with van der Waals surface area (Å²) < 4.78 is 5.45. The van der Waals surface area contributed by atoms with Gasteiger partial charge in [0.2, 0.25) is 0 Å². The number of ether oxygens (including phenoxy) is 1. The molecule has 0 heterocycles. The quantitative estimate of drug-likeness (QED) is 0.613. The van der Waals surface area contributed by atoms with E-state index < -0.39 is 5.60 Å². The van der Waals surface area contributed by atoms with Crippen molar-refractivity contribution in [3.63, 3.8) is 0 Å². The van der Waals surface area contributed by atoms with E-state index in [2.05, 4.69) is 0 Å². The summed E-state index contributed by atoms with van der Waals surface area (Å²) in [6.45, 7) is 5.65. The molecule has 3 heteroatoms. The third-order valence-electron chi connectivity index (χ3n) is 3.19. The summed E-state index contributed by atoms with van der Waals surface area (Å²) in [4.78, 5) is 12.2. The van der Waals surface area contributed by atoms with Crippen molar-refractivity contribution in [3.05, 3.63) is 28.8 Å². The molecule has 0 bridgehead atoms. The number of nitrogens with two attached hydrogens (primary N) is 1. The number of rotatable bonds is 1. The van der Waals surface area contributed by atoms with E-state index in [1.54, 1.807) is 6.07 Å². The van der Waals surface area contributed by atoms with Crippen LogP contribution in [-0.4, -0.2) is 11.6 Å². The van der Waals surface area contributed by atoms with E-state index in [-0.39, 0.29) is 5.97 Å². The minimum absolute atomic E-state index is 0.236. The highest BCUT2D eigenvalue weighted by Crippen LogP contribution is 2.30. The zero-order chi connectivity index (χ0) is 13.3. The summed E-state index contributed by atoms with van der Waals surface area (Å²) >= 11 is 0. The molecule has 0 spiro atoms. The van der Waals surface area contributed by atoms with E-state index >= 15 is 0 Å². The van der Waals surface area contributed by atoms with Gasteiger partial charge >= 0.3 is 5.97 Å². The Morgan fingerprint density at radius 3 is 2.39 bits per heavy atom. The Bertz CT molecular complexity index is 472. The number of anilines is 1. The molecular formula is C15H21NO2. The highest BCUT2D eigenvalue weighted by molar-refractivity contribution is 5.92. The van der Waals surface area contributed by atoms with Gasteiger partial charge in [-0.3, -0.25) is 0 Å². The minimum Gasteiger partial charge on any atom is -0.456 e. The summed E-state index contributed by atoms with van der Waals surface area (Å²) in [5.41, 5.74) is 9.25. The summed E-state index contributed by atoms with van der Waals surface area (Å²) in [7, 11) is 0. The molecule has 18 heavy (non-hydrogen) atoms. The Hall–Kier alpha value is -1.51. The van der Waals surface area contributed by atoms with Crippen LogP contribution in [0.5, 0.6) is 0 Å². The fraction of sp³-hybridized carbons (Fsp3) is 0.533. The van der Waals surface area contributed by atoms with Gasteiger partial charge in [-0.25, -0.2) is 4.79 Å². The molecule has 0 aliphatic heterocycles. The van der Waals surface area contributed by atoms with Gasteiger partial charge in [0, 0.05) is 5.69 Å². The van der Waals surface area contributed by atoms with Gasteiger partial charge in [0.1, 0.15) is 5.60 Å². The molecule has 1 aliphatic rings. The molecule has 0 aromatic heterocycles. The highest BCUT2D eigenvalue weighted by Gasteiger charge is 2.23. The molecule has 0 saturated carbocycles. The summed E-state index contributed by atoms with van der Waals surface area (Å²) in [5.74, 6) is -0.236. The molecule has 3 nitrogen and oxygen atoms in total. The normalized spacial score (nSPS) is 15.1. The fourth-order valence-corrected chi connectivity index (χ4v) is 2.42. The fourth-order valence-electron chi connectivity index (χ4n) is 2.42. The van der Waals surface area contributed by atoms with Crippen molar-refractivity contribution < 1.29 is 9.53 Å². The second kappa shape index (κ2) is 4.63. The van der Waals surface area contributed by atoms with Crippen molar-refractivity contribution in [1.29, 1.82) is 0 Å². The van der Waals surface area contributed by atoms with Gasteiger partial charge in [0.15, 0.2) is 0 Å². The largest absolute Gasteiger partial charge is 0.456 e. The lowest BCUT2D eigenvalue weighted by Crippen LogP contribution is -2.25. The van der Waals surface area contributed by atoms with E-state index in [1.165, 1.54) is 0 Å². The highest BCUT2D eigenvalue weighted by atomic mass is 16.6. The maximum Gasteiger partial charge on any atom is 0.338 e. The predicted octanol–water partition coefficient (Wildman–Crippen LogP) is 3.10.